The van der Waals surface area contributed by atoms with Crippen LogP contribution in [0.3, 0.4) is 0 Å². The minimum atomic E-state index is -2.96. The summed E-state index contributed by atoms with van der Waals surface area (Å²) in [4.78, 5) is 8.96. The van der Waals surface area contributed by atoms with Crippen LogP contribution in [0.1, 0.15) is 52.9 Å². The second kappa shape index (κ2) is 8.24. The molecule has 0 radical (unpaired) electrons. The molecule has 16 heavy (non-hydrogen) atoms. The van der Waals surface area contributed by atoms with Gasteiger partial charge in [0.1, 0.15) is 0 Å². The fraction of sp³-hybridized carbons (Fsp3) is 1.00. The standard InChI is InChI=1S/C11H25O4P/c1-4-7-8-10(9-12)11(5-2,6-3)15-16(13)14/h10,12,16H,4-9H2,1-3H3,(H,13,14). The summed E-state index contributed by atoms with van der Waals surface area (Å²) in [5.41, 5.74) is -0.644. The first-order chi connectivity index (χ1) is 7.56. The molecule has 2 unspecified atom stereocenters. The van der Waals surface area contributed by atoms with Gasteiger partial charge in [0.25, 0.3) is 0 Å². The molecule has 0 amide bonds. The molecule has 0 saturated heterocycles. The summed E-state index contributed by atoms with van der Waals surface area (Å²) >= 11 is 0. The average molecular weight is 252 g/mol. The van der Waals surface area contributed by atoms with Crippen molar-refractivity contribution >= 4 is 8.25 Å². The molecule has 0 heterocycles. The summed E-state index contributed by atoms with van der Waals surface area (Å²) < 4.78 is 16.1. The highest BCUT2D eigenvalue weighted by Crippen LogP contribution is 2.39. The van der Waals surface area contributed by atoms with E-state index in [0.29, 0.717) is 12.8 Å². The minimum Gasteiger partial charge on any atom is -0.396 e. The number of rotatable bonds is 9. The maximum atomic E-state index is 10.9. The van der Waals surface area contributed by atoms with Crippen LogP contribution in [0.2, 0.25) is 0 Å². The Kier molecular flexibility index (Phi) is 8.29. The van der Waals surface area contributed by atoms with Crippen molar-refractivity contribution in [2.24, 2.45) is 5.92 Å². The lowest BCUT2D eigenvalue weighted by atomic mass is 9.80. The lowest BCUT2D eigenvalue weighted by Gasteiger charge is -2.37. The van der Waals surface area contributed by atoms with Crippen molar-refractivity contribution in [1.29, 1.82) is 0 Å². The maximum Gasteiger partial charge on any atom is 0.317 e. The number of aliphatic hydroxyl groups excluding tert-OH is 1. The predicted molar refractivity (Wildman–Crippen MR) is 65.7 cm³/mol. The van der Waals surface area contributed by atoms with Gasteiger partial charge in [0.15, 0.2) is 0 Å². The van der Waals surface area contributed by atoms with E-state index in [1.807, 2.05) is 13.8 Å². The Balaban J connectivity index is 4.73. The molecule has 0 aliphatic carbocycles. The third-order valence-corrected chi connectivity index (χ3v) is 3.94. The molecule has 0 bridgehead atoms. The molecule has 0 aliphatic rings. The molecule has 0 aliphatic heterocycles. The average Bonchev–Trinajstić information content (AvgIpc) is 2.27. The normalized spacial score (nSPS) is 16.1. The highest BCUT2D eigenvalue weighted by Gasteiger charge is 2.37. The minimum absolute atomic E-state index is 0.0107. The van der Waals surface area contributed by atoms with E-state index in [1.165, 1.54) is 0 Å². The molecule has 0 aromatic heterocycles. The molecule has 0 rings (SSSR count). The van der Waals surface area contributed by atoms with Crippen LogP contribution in [0.25, 0.3) is 0 Å². The number of unbranched alkanes of at least 4 members (excludes halogenated alkanes) is 1. The molecule has 0 aromatic carbocycles. The Morgan fingerprint density at radius 3 is 2.19 bits per heavy atom. The highest BCUT2D eigenvalue weighted by atomic mass is 31.1. The van der Waals surface area contributed by atoms with Crippen LogP contribution < -0.4 is 0 Å². The van der Waals surface area contributed by atoms with Crippen molar-refractivity contribution in [3.63, 3.8) is 0 Å². The predicted octanol–water partition coefficient (Wildman–Crippen LogP) is 2.74. The molecule has 98 valence electrons. The summed E-state index contributed by atoms with van der Waals surface area (Å²) in [7, 11) is -2.96. The Bertz CT molecular complexity index is 204. The lowest BCUT2D eigenvalue weighted by molar-refractivity contribution is -0.0288. The Labute approximate surface area is 99.0 Å². The van der Waals surface area contributed by atoms with Gasteiger partial charge in [-0.3, -0.25) is 4.57 Å². The van der Waals surface area contributed by atoms with Crippen molar-refractivity contribution in [2.75, 3.05) is 6.61 Å². The molecule has 2 N–H and O–H groups in total. The Morgan fingerprint density at radius 1 is 1.31 bits per heavy atom. The van der Waals surface area contributed by atoms with E-state index < -0.39 is 13.9 Å². The van der Waals surface area contributed by atoms with Crippen molar-refractivity contribution in [3.05, 3.63) is 0 Å². The quantitative estimate of drug-likeness (QED) is 0.619. The Morgan fingerprint density at radius 2 is 1.88 bits per heavy atom. The van der Waals surface area contributed by atoms with Gasteiger partial charge in [0, 0.05) is 12.5 Å². The zero-order chi connectivity index (χ0) is 12.6. The van der Waals surface area contributed by atoms with Crippen LogP contribution in [-0.4, -0.2) is 22.2 Å². The van der Waals surface area contributed by atoms with Crippen LogP contribution in [-0.2, 0) is 9.09 Å². The van der Waals surface area contributed by atoms with Crippen LogP contribution in [0.4, 0.5) is 0 Å². The van der Waals surface area contributed by atoms with E-state index in [1.54, 1.807) is 0 Å². The largest absolute Gasteiger partial charge is 0.396 e. The summed E-state index contributed by atoms with van der Waals surface area (Å²) in [5, 5.41) is 9.41. The van der Waals surface area contributed by atoms with Crippen LogP contribution in [0.15, 0.2) is 0 Å². The maximum absolute atomic E-state index is 10.9. The third-order valence-electron chi connectivity index (χ3n) is 3.36. The molecular weight excluding hydrogens is 227 g/mol. The zero-order valence-electron chi connectivity index (χ0n) is 10.5. The van der Waals surface area contributed by atoms with Gasteiger partial charge in [0.05, 0.1) is 5.60 Å². The van der Waals surface area contributed by atoms with E-state index in [-0.39, 0.29) is 12.5 Å². The van der Waals surface area contributed by atoms with Gasteiger partial charge in [-0.05, 0) is 19.3 Å². The van der Waals surface area contributed by atoms with E-state index in [9.17, 15) is 9.67 Å². The van der Waals surface area contributed by atoms with Gasteiger partial charge in [-0.2, -0.15) is 0 Å². The Hall–Kier alpha value is 0.110. The first-order valence-corrected chi connectivity index (χ1v) is 7.35. The fourth-order valence-corrected chi connectivity index (χ4v) is 3.00. The SMILES string of the molecule is CCCCC(CO)C(CC)(CC)O[PH](=O)O. The van der Waals surface area contributed by atoms with E-state index >= 15 is 0 Å². The summed E-state index contributed by atoms with van der Waals surface area (Å²) in [5.74, 6) is -0.0523. The molecule has 0 aromatic rings. The molecule has 2 atom stereocenters. The van der Waals surface area contributed by atoms with E-state index in [0.717, 1.165) is 19.3 Å². The molecule has 4 nitrogen and oxygen atoms in total. The first-order valence-electron chi connectivity index (χ1n) is 6.09. The van der Waals surface area contributed by atoms with Crippen LogP contribution in [0, 0.1) is 5.92 Å². The van der Waals surface area contributed by atoms with Gasteiger partial charge in [-0.1, -0.05) is 33.6 Å². The van der Waals surface area contributed by atoms with Gasteiger partial charge >= 0.3 is 8.25 Å². The lowest BCUT2D eigenvalue weighted by Crippen LogP contribution is -2.40. The summed E-state index contributed by atoms with van der Waals surface area (Å²) in [6.45, 7) is 5.96. The number of hydrogen-bond donors (Lipinski definition) is 2. The van der Waals surface area contributed by atoms with Crippen molar-refractivity contribution in [1.82, 2.24) is 0 Å². The number of hydrogen-bond acceptors (Lipinski definition) is 3. The van der Waals surface area contributed by atoms with E-state index in [2.05, 4.69) is 6.92 Å². The van der Waals surface area contributed by atoms with Gasteiger partial charge in [0.2, 0.25) is 0 Å². The molecular formula is C11H25O4P. The van der Waals surface area contributed by atoms with Crippen molar-refractivity contribution in [3.8, 4) is 0 Å². The molecule has 0 spiro atoms. The second-order valence-electron chi connectivity index (χ2n) is 4.16. The van der Waals surface area contributed by atoms with Crippen LogP contribution in [0.5, 0.6) is 0 Å². The van der Waals surface area contributed by atoms with Gasteiger partial charge in [-0.15, -0.1) is 0 Å². The highest BCUT2D eigenvalue weighted by molar-refractivity contribution is 7.32. The fourth-order valence-electron chi connectivity index (χ4n) is 2.20. The molecule has 5 heteroatoms. The topological polar surface area (TPSA) is 66.8 Å². The molecule has 0 fully saturated rings. The molecule has 0 saturated carbocycles. The number of aliphatic hydroxyl groups is 1. The van der Waals surface area contributed by atoms with Crippen molar-refractivity contribution in [2.45, 2.75) is 58.5 Å². The van der Waals surface area contributed by atoms with E-state index in [4.69, 9.17) is 9.42 Å². The smallest absolute Gasteiger partial charge is 0.317 e. The second-order valence-corrected chi connectivity index (χ2v) is 4.90. The summed E-state index contributed by atoms with van der Waals surface area (Å²) in [6, 6.07) is 0. The summed E-state index contributed by atoms with van der Waals surface area (Å²) in [6.07, 6.45) is 4.19. The van der Waals surface area contributed by atoms with Gasteiger partial charge in [-0.25, -0.2) is 0 Å². The zero-order valence-corrected chi connectivity index (χ0v) is 11.5. The first kappa shape index (κ1) is 16.1. The van der Waals surface area contributed by atoms with Gasteiger partial charge < -0.3 is 14.5 Å². The van der Waals surface area contributed by atoms with Crippen LogP contribution >= 0.6 is 8.25 Å². The monoisotopic (exact) mass is 252 g/mol. The van der Waals surface area contributed by atoms with Crippen molar-refractivity contribution < 1.29 is 19.1 Å². The third kappa shape index (κ3) is 4.54.